The average molecular weight is 377 g/mol. The van der Waals surface area contributed by atoms with Crippen LogP contribution in [0, 0.1) is 23.8 Å². The lowest BCUT2D eigenvalue weighted by atomic mass is 10.1. The fraction of sp³-hybridized carbons (Fsp3) is 0.0909. The van der Waals surface area contributed by atoms with Gasteiger partial charge in [0.25, 0.3) is 0 Å². The molecule has 0 saturated heterocycles. The molecule has 0 unspecified atom stereocenters. The van der Waals surface area contributed by atoms with E-state index in [2.05, 4.69) is 4.98 Å². The van der Waals surface area contributed by atoms with E-state index in [1.165, 1.54) is 12.3 Å². The molecule has 0 atom stereocenters. The Morgan fingerprint density at radius 1 is 1.00 bits per heavy atom. The number of hydrogen-bond donors (Lipinski definition) is 0. The summed E-state index contributed by atoms with van der Waals surface area (Å²) in [6.07, 6.45) is 4.15. The summed E-state index contributed by atoms with van der Waals surface area (Å²) < 4.78 is 28.4. The molecule has 140 valence electrons. The number of hydrogen-bond acceptors (Lipinski definition) is 3. The first-order valence-electron chi connectivity index (χ1n) is 8.77. The molecule has 4 aromatic rings. The molecule has 0 aliphatic carbocycles. The van der Waals surface area contributed by atoms with Gasteiger partial charge in [-0.2, -0.15) is 4.73 Å². The van der Waals surface area contributed by atoms with Crippen molar-refractivity contribution in [2.45, 2.75) is 13.5 Å². The van der Waals surface area contributed by atoms with Crippen LogP contribution in [-0.4, -0.2) is 4.98 Å². The molecule has 0 bridgehead atoms. The SMILES string of the molecule is Cc1ccnc(N(Cc2c[n+]([O-])cc3c(F)c(F)ccc23)c2ccccc2)c1. The first-order valence-corrected chi connectivity index (χ1v) is 8.77. The summed E-state index contributed by atoms with van der Waals surface area (Å²) in [5, 5.41) is 12.5. The van der Waals surface area contributed by atoms with E-state index in [1.807, 2.05) is 54.3 Å². The Balaban J connectivity index is 1.87. The first-order chi connectivity index (χ1) is 13.5. The standard InChI is InChI=1S/C22H17F2N3O/c1-15-9-10-25-21(11-15)27(17-5-3-2-4-6-17)13-16-12-26(28)14-19-18(16)7-8-20(23)22(19)24/h2-12,14H,13H2,1H3. The number of fused-ring (bicyclic) bond motifs is 1. The molecule has 0 aliphatic heterocycles. The van der Waals surface area contributed by atoms with Crippen LogP contribution in [0.15, 0.2) is 73.2 Å². The maximum atomic E-state index is 14.2. The summed E-state index contributed by atoms with van der Waals surface area (Å²) in [5.41, 5.74) is 2.48. The molecule has 0 saturated carbocycles. The van der Waals surface area contributed by atoms with Gasteiger partial charge in [-0.1, -0.05) is 24.3 Å². The minimum Gasteiger partial charge on any atom is -0.619 e. The number of pyridine rings is 2. The third-order valence-corrected chi connectivity index (χ3v) is 4.59. The van der Waals surface area contributed by atoms with E-state index in [0.717, 1.165) is 23.5 Å². The molecular formula is C22H17F2N3O. The van der Waals surface area contributed by atoms with Gasteiger partial charge in [0.15, 0.2) is 24.0 Å². The van der Waals surface area contributed by atoms with Crippen LogP contribution >= 0.6 is 0 Å². The van der Waals surface area contributed by atoms with Gasteiger partial charge in [-0.15, -0.1) is 0 Å². The molecule has 4 nitrogen and oxygen atoms in total. The molecule has 0 aliphatic rings. The van der Waals surface area contributed by atoms with Crippen LogP contribution in [0.5, 0.6) is 0 Å². The van der Waals surface area contributed by atoms with E-state index in [4.69, 9.17) is 0 Å². The molecule has 4 rings (SSSR count). The smallest absolute Gasteiger partial charge is 0.191 e. The van der Waals surface area contributed by atoms with Crippen molar-refractivity contribution in [3.05, 3.63) is 101 Å². The molecule has 0 N–H and O–H groups in total. The Bertz CT molecular complexity index is 1150. The van der Waals surface area contributed by atoms with E-state index in [1.54, 1.807) is 6.20 Å². The molecule has 6 heteroatoms. The van der Waals surface area contributed by atoms with Crippen molar-refractivity contribution in [2.24, 2.45) is 0 Å². The summed E-state index contributed by atoms with van der Waals surface area (Å²) in [7, 11) is 0. The topological polar surface area (TPSA) is 43.1 Å². The number of nitrogens with zero attached hydrogens (tertiary/aromatic N) is 3. The second kappa shape index (κ2) is 7.23. The first kappa shape index (κ1) is 17.9. The Hall–Kier alpha value is -3.54. The number of para-hydroxylation sites is 1. The van der Waals surface area contributed by atoms with Gasteiger partial charge >= 0.3 is 0 Å². The highest BCUT2D eigenvalue weighted by Gasteiger charge is 2.18. The van der Waals surface area contributed by atoms with Gasteiger partial charge in [-0.25, -0.2) is 13.8 Å². The highest BCUT2D eigenvalue weighted by molar-refractivity contribution is 5.85. The van der Waals surface area contributed by atoms with Crippen molar-refractivity contribution in [3.63, 3.8) is 0 Å². The quantitative estimate of drug-likeness (QED) is 0.379. The van der Waals surface area contributed by atoms with Crippen LogP contribution < -0.4 is 9.63 Å². The molecule has 2 aromatic heterocycles. The summed E-state index contributed by atoms with van der Waals surface area (Å²) in [4.78, 5) is 6.39. The van der Waals surface area contributed by atoms with Crippen LogP contribution in [0.1, 0.15) is 11.1 Å². The van der Waals surface area contributed by atoms with Crippen LogP contribution in [-0.2, 0) is 6.54 Å². The van der Waals surface area contributed by atoms with Gasteiger partial charge in [0.05, 0.1) is 11.9 Å². The Kier molecular flexibility index (Phi) is 4.61. The van der Waals surface area contributed by atoms with Crippen molar-refractivity contribution in [2.75, 3.05) is 4.90 Å². The lowest BCUT2D eigenvalue weighted by Gasteiger charge is -2.24. The maximum absolute atomic E-state index is 14.2. The maximum Gasteiger partial charge on any atom is 0.191 e. The number of aromatic nitrogens is 2. The third kappa shape index (κ3) is 3.36. The van der Waals surface area contributed by atoms with Crippen molar-refractivity contribution in [1.29, 1.82) is 0 Å². The van der Waals surface area contributed by atoms with Crippen LogP contribution in [0.3, 0.4) is 0 Å². The molecule has 28 heavy (non-hydrogen) atoms. The third-order valence-electron chi connectivity index (χ3n) is 4.59. The van der Waals surface area contributed by atoms with Gasteiger partial charge in [-0.3, -0.25) is 0 Å². The number of benzene rings is 2. The largest absolute Gasteiger partial charge is 0.619 e. The second-order valence-corrected chi connectivity index (χ2v) is 6.58. The van der Waals surface area contributed by atoms with Crippen LogP contribution in [0.2, 0.25) is 0 Å². The summed E-state index contributed by atoms with van der Waals surface area (Å²) in [6, 6.07) is 16.0. The molecule has 0 amide bonds. The van der Waals surface area contributed by atoms with Gasteiger partial charge in [0.1, 0.15) is 5.82 Å². The van der Waals surface area contributed by atoms with E-state index < -0.39 is 11.6 Å². The zero-order valence-electron chi connectivity index (χ0n) is 15.1. The second-order valence-electron chi connectivity index (χ2n) is 6.58. The van der Waals surface area contributed by atoms with E-state index in [-0.39, 0.29) is 11.9 Å². The highest BCUT2D eigenvalue weighted by atomic mass is 19.2. The number of aryl methyl sites for hydroxylation is 1. The van der Waals surface area contributed by atoms with Crippen molar-refractivity contribution >= 4 is 22.3 Å². The zero-order chi connectivity index (χ0) is 19.7. The van der Waals surface area contributed by atoms with Crippen molar-refractivity contribution in [3.8, 4) is 0 Å². The zero-order valence-corrected chi connectivity index (χ0v) is 15.1. The minimum atomic E-state index is -1.02. The molecule has 0 radical (unpaired) electrons. The van der Waals surface area contributed by atoms with Crippen LogP contribution in [0.4, 0.5) is 20.3 Å². The predicted octanol–water partition coefficient (Wildman–Crippen LogP) is 4.79. The van der Waals surface area contributed by atoms with Gasteiger partial charge in [0, 0.05) is 22.8 Å². The van der Waals surface area contributed by atoms with E-state index >= 15 is 0 Å². The number of halogens is 2. The normalized spacial score (nSPS) is 11.0. The fourth-order valence-corrected chi connectivity index (χ4v) is 3.24. The van der Waals surface area contributed by atoms with Gasteiger partial charge in [-0.05, 0) is 42.8 Å². The summed E-state index contributed by atoms with van der Waals surface area (Å²) >= 11 is 0. The summed E-state index contributed by atoms with van der Waals surface area (Å²) in [6.45, 7) is 2.24. The van der Waals surface area contributed by atoms with Crippen LogP contribution in [0.25, 0.3) is 10.8 Å². The highest BCUT2D eigenvalue weighted by Crippen LogP contribution is 2.29. The lowest BCUT2D eigenvalue weighted by molar-refractivity contribution is -0.604. The molecule has 0 fully saturated rings. The predicted molar refractivity (Wildman–Crippen MR) is 104 cm³/mol. The monoisotopic (exact) mass is 377 g/mol. The fourth-order valence-electron chi connectivity index (χ4n) is 3.24. The van der Waals surface area contributed by atoms with E-state index in [9.17, 15) is 14.0 Å². The molecule has 2 heterocycles. The molecule has 0 spiro atoms. The van der Waals surface area contributed by atoms with Crippen molar-refractivity contribution in [1.82, 2.24) is 4.98 Å². The minimum absolute atomic E-state index is 0.0438. The Morgan fingerprint density at radius 2 is 1.79 bits per heavy atom. The lowest BCUT2D eigenvalue weighted by Crippen LogP contribution is -2.28. The van der Waals surface area contributed by atoms with Gasteiger partial charge in [0.2, 0.25) is 0 Å². The Morgan fingerprint density at radius 3 is 2.54 bits per heavy atom. The summed E-state index contributed by atoms with van der Waals surface area (Å²) in [5.74, 6) is -1.31. The Labute approximate surface area is 160 Å². The number of anilines is 2. The average Bonchev–Trinajstić information content (AvgIpc) is 2.70. The van der Waals surface area contributed by atoms with Gasteiger partial charge < -0.3 is 10.1 Å². The van der Waals surface area contributed by atoms with E-state index in [0.29, 0.717) is 21.5 Å². The van der Waals surface area contributed by atoms with Crippen molar-refractivity contribution < 1.29 is 13.5 Å². The number of rotatable bonds is 4. The molecular weight excluding hydrogens is 360 g/mol. The molecule has 2 aromatic carbocycles.